The molecule has 0 spiro atoms. The summed E-state index contributed by atoms with van der Waals surface area (Å²) < 4.78 is 130. The molecular formula is C77H96Cl2F4O14Si2. The molecular weight excluding hydrogens is 1350 g/mol. The molecule has 538 valence electrons. The van der Waals surface area contributed by atoms with Gasteiger partial charge >= 0.3 is 0 Å². The van der Waals surface area contributed by atoms with E-state index in [2.05, 4.69) is 48.5 Å². The predicted molar refractivity (Wildman–Crippen MR) is 380 cm³/mol. The molecule has 2 fully saturated rings. The number of ether oxygens (including phenoxy) is 9. The molecule has 0 bridgehead atoms. The molecule has 2 aliphatic rings. The molecule has 0 radical (unpaired) electrons. The summed E-state index contributed by atoms with van der Waals surface area (Å²) in [5, 5.41) is 33.1. The summed E-state index contributed by atoms with van der Waals surface area (Å²) in [6.45, 7) is 23.3. The largest absolute Gasteiger partial charge is 0.491 e. The second-order valence-electron chi connectivity index (χ2n) is 27.7. The SMILES string of the molecule is CCOc1ccc(Cc2cc([C@]3(OC)O[C@H](CC(C)(O[SiH3])C(C)(C)C)[C@@H](OCc4ccccc4)[C@H](OCc4ccccc4)[C@H]3OCc3ccccc3)ccc2Cl)c(F)c1F.CCOc1ccc(Cc2cc([C@]3(OC)O[C@H](CO[Si](C)(C)C(C)(C)C)[C@@H](O)[C@H](O)[C@H]3O)ccc2Cl)c(F)c1F. The van der Waals surface area contributed by atoms with Gasteiger partial charge < -0.3 is 66.8 Å². The Hall–Kier alpha value is -5.61. The summed E-state index contributed by atoms with van der Waals surface area (Å²) in [5.41, 5.74) is 3.85. The molecule has 22 heteroatoms. The molecule has 2 saturated heterocycles. The lowest BCUT2D eigenvalue weighted by Crippen LogP contribution is -2.66. The van der Waals surface area contributed by atoms with Crippen molar-refractivity contribution in [2.24, 2.45) is 5.41 Å². The zero-order chi connectivity index (χ0) is 72.3. The average Bonchev–Trinajstić information content (AvgIpc) is 0.737. The van der Waals surface area contributed by atoms with Gasteiger partial charge in [0, 0.05) is 54.7 Å². The highest BCUT2D eigenvalue weighted by molar-refractivity contribution is 6.74. The molecule has 2 aliphatic heterocycles. The molecule has 0 saturated carbocycles. The van der Waals surface area contributed by atoms with Gasteiger partial charge in [-0.2, -0.15) is 8.78 Å². The standard InChI is InChI=1S/C49H57ClF2O7Si.C28H39ClF2O7Si/c1-7-54-40-26-23-36(42(51)43(40)52)27-37-28-38(24-25-39(37)50)49(53-6)46(57-32-35-21-15-10-16-22-35)45(56-31-34-19-13-9-14-20-34)44(55-30-33-17-11-8-12-18-33)41(58-49)29-48(5,59-60)47(2,3)4;1-8-36-20-12-9-16(22(30)23(20)31)13-17-14-18(10-11-19(17)29)28(35-5)26(34)25(33)24(32)21(38-28)15-37-39(6,7)27(2,3)4/h8-26,28,41,44-46H,7,27,29-32H2,1-6,60H3;9-12,14,21,24-26,32-34H,8,13,15H2,1-7H3/t41-,44-,45+,46-,48?,49+;21-,24-,25+,26-,28+/m11/s1. The van der Waals surface area contributed by atoms with Crippen LogP contribution in [0, 0.1) is 28.7 Å². The zero-order valence-electron chi connectivity index (χ0n) is 59.0. The monoisotopic (exact) mass is 1450 g/mol. The van der Waals surface area contributed by atoms with E-state index in [-0.39, 0.29) is 96.1 Å². The van der Waals surface area contributed by atoms with Gasteiger partial charge in [-0.15, -0.1) is 0 Å². The number of rotatable bonds is 27. The molecule has 99 heavy (non-hydrogen) atoms. The van der Waals surface area contributed by atoms with Gasteiger partial charge in [0.05, 0.1) is 51.3 Å². The average molecular weight is 1450 g/mol. The van der Waals surface area contributed by atoms with Crippen molar-refractivity contribution in [3.8, 4) is 11.5 Å². The predicted octanol–water partition coefficient (Wildman–Crippen LogP) is 15.0. The van der Waals surface area contributed by atoms with Crippen LogP contribution in [0.25, 0.3) is 0 Å². The molecule has 3 N–H and O–H groups in total. The highest BCUT2D eigenvalue weighted by Gasteiger charge is 2.61. The van der Waals surface area contributed by atoms with Crippen LogP contribution in [-0.4, -0.2) is 123 Å². The van der Waals surface area contributed by atoms with Crippen LogP contribution in [0.15, 0.2) is 152 Å². The van der Waals surface area contributed by atoms with Gasteiger partial charge in [-0.1, -0.05) is 180 Å². The van der Waals surface area contributed by atoms with E-state index in [4.69, 9.17) is 74.7 Å². The molecule has 0 aromatic heterocycles. The lowest BCUT2D eigenvalue weighted by molar-refractivity contribution is -0.386. The third-order valence-corrected chi connectivity index (χ3v) is 25.6. The number of methoxy groups -OCH3 is 2. The van der Waals surface area contributed by atoms with E-state index in [1.54, 1.807) is 39.2 Å². The van der Waals surface area contributed by atoms with Gasteiger partial charge in [0.2, 0.25) is 23.2 Å². The molecule has 1 unspecified atom stereocenters. The Morgan fingerprint density at radius 3 is 1.36 bits per heavy atom. The number of aliphatic hydroxyl groups is 3. The van der Waals surface area contributed by atoms with Gasteiger partial charge in [0.1, 0.15) is 53.2 Å². The first-order chi connectivity index (χ1) is 46.9. The number of hydrogen-bond donors (Lipinski definition) is 3. The maximum Gasteiger partial charge on any atom is 0.224 e. The van der Waals surface area contributed by atoms with E-state index < -0.39 is 97.6 Å². The summed E-state index contributed by atoms with van der Waals surface area (Å²) in [7, 11) is 1.12. The molecule has 2 heterocycles. The van der Waals surface area contributed by atoms with Crippen LogP contribution in [-0.2, 0) is 86.2 Å². The van der Waals surface area contributed by atoms with Gasteiger partial charge in [-0.25, -0.2) is 8.78 Å². The van der Waals surface area contributed by atoms with Crippen LogP contribution in [0.3, 0.4) is 0 Å². The molecule has 0 aliphatic carbocycles. The summed E-state index contributed by atoms with van der Waals surface area (Å²) in [5.74, 6) is -8.06. The Labute approximate surface area is 594 Å². The fourth-order valence-corrected chi connectivity index (χ4v) is 14.1. The molecule has 9 rings (SSSR count). The van der Waals surface area contributed by atoms with Crippen molar-refractivity contribution >= 4 is 42.0 Å². The van der Waals surface area contributed by atoms with E-state index in [1.807, 2.05) is 116 Å². The van der Waals surface area contributed by atoms with Gasteiger partial charge in [-0.05, 0) is 120 Å². The van der Waals surface area contributed by atoms with Crippen molar-refractivity contribution in [2.45, 2.75) is 186 Å². The van der Waals surface area contributed by atoms with E-state index in [1.165, 1.54) is 37.4 Å². The normalized spacial score (nSPS) is 23.5. The third-order valence-electron chi connectivity index (χ3n) is 19.5. The lowest BCUT2D eigenvalue weighted by Gasteiger charge is -2.54. The number of benzene rings is 7. The quantitative estimate of drug-likeness (QED) is 0.0329. The first kappa shape index (κ1) is 79.1. The van der Waals surface area contributed by atoms with Crippen LogP contribution < -0.4 is 9.47 Å². The van der Waals surface area contributed by atoms with Crippen LogP contribution in [0.2, 0.25) is 28.2 Å². The topological polar surface area (TPSA) is 162 Å². The van der Waals surface area contributed by atoms with Gasteiger partial charge in [0.15, 0.2) is 31.5 Å². The maximum absolute atomic E-state index is 15.6. The van der Waals surface area contributed by atoms with E-state index in [9.17, 15) is 24.1 Å². The number of hydrogen-bond acceptors (Lipinski definition) is 14. The van der Waals surface area contributed by atoms with E-state index in [0.717, 1.165) is 16.7 Å². The summed E-state index contributed by atoms with van der Waals surface area (Å²) in [6, 6.07) is 45.5. The minimum Gasteiger partial charge on any atom is -0.491 e. The maximum atomic E-state index is 15.6. The van der Waals surface area contributed by atoms with Crippen LogP contribution in [0.4, 0.5) is 17.6 Å². The second kappa shape index (κ2) is 34.1. The Kier molecular flexibility index (Phi) is 27.3. The smallest absolute Gasteiger partial charge is 0.224 e. The fourth-order valence-electron chi connectivity index (χ4n) is 12.0. The van der Waals surface area contributed by atoms with Crippen LogP contribution in [0.5, 0.6) is 11.5 Å². The Morgan fingerprint density at radius 2 is 0.949 bits per heavy atom. The molecule has 7 aromatic rings. The van der Waals surface area contributed by atoms with Crippen molar-refractivity contribution in [1.29, 1.82) is 0 Å². The molecule has 0 amide bonds. The Balaban J connectivity index is 0.000000277. The summed E-state index contributed by atoms with van der Waals surface area (Å²) >= 11 is 13.3. The molecule has 7 aromatic carbocycles. The van der Waals surface area contributed by atoms with E-state index >= 15 is 8.78 Å². The number of halogens is 6. The molecule has 14 nitrogen and oxygen atoms in total. The zero-order valence-corrected chi connectivity index (χ0v) is 63.5. The van der Waals surface area contributed by atoms with Crippen LogP contribution >= 0.6 is 23.2 Å². The minimum absolute atomic E-state index is 0.0201. The van der Waals surface area contributed by atoms with Crippen molar-refractivity contribution in [3.63, 3.8) is 0 Å². The van der Waals surface area contributed by atoms with Gasteiger partial charge in [-0.3, -0.25) is 0 Å². The van der Waals surface area contributed by atoms with Crippen LogP contribution in [0.1, 0.15) is 119 Å². The van der Waals surface area contributed by atoms with Gasteiger partial charge in [0.25, 0.3) is 0 Å². The van der Waals surface area contributed by atoms with Crippen molar-refractivity contribution < 1.29 is 84.4 Å². The Morgan fingerprint density at radius 1 is 0.525 bits per heavy atom. The highest BCUT2D eigenvalue weighted by atomic mass is 35.5. The highest BCUT2D eigenvalue weighted by Crippen LogP contribution is 2.49. The molecule has 11 atom stereocenters. The summed E-state index contributed by atoms with van der Waals surface area (Å²) in [6.07, 6.45) is -8.52. The third kappa shape index (κ3) is 18.2. The fraction of sp³-hybridized carbons (Fsp3) is 0.455. The Bertz CT molecular complexity index is 3740. The van der Waals surface area contributed by atoms with Crippen molar-refractivity contribution in [2.75, 3.05) is 34.0 Å². The minimum atomic E-state index is -2.24. The number of aliphatic hydroxyl groups excluding tert-OH is 3. The summed E-state index contributed by atoms with van der Waals surface area (Å²) in [4.78, 5) is 0. The second-order valence-corrected chi connectivity index (χ2v) is 33.7. The first-order valence-corrected chi connectivity index (χ1v) is 37.8. The lowest BCUT2D eigenvalue weighted by atomic mass is 9.72. The van der Waals surface area contributed by atoms with E-state index in [0.29, 0.717) is 38.6 Å². The van der Waals surface area contributed by atoms with Crippen molar-refractivity contribution in [3.05, 3.63) is 235 Å². The first-order valence-electron chi connectivity index (χ1n) is 33.3. The van der Waals surface area contributed by atoms with Crippen molar-refractivity contribution in [1.82, 2.24) is 0 Å².